The van der Waals surface area contributed by atoms with Crippen LogP contribution in [0, 0.1) is 3.57 Å². The molecule has 0 saturated carbocycles. The molecule has 5 heteroatoms. The van der Waals surface area contributed by atoms with E-state index >= 15 is 0 Å². The second-order valence-corrected chi connectivity index (χ2v) is 6.73. The maximum absolute atomic E-state index is 12.2. The molecule has 0 saturated heterocycles. The van der Waals surface area contributed by atoms with Crippen molar-refractivity contribution in [1.82, 2.24) is 10.3 Å². The maximum atomic E-state index is 12.2. The maximum Gasteiger partial charge on any atom is 0.251 e. The van der Waals surface area contributed by atoms with E-state index in [4.69, 9.17) is 4.74 Å². The van der Waals surface area contributed by atoms with Crippen LogP contribution < -0.4 is 10.1 Å². The Kier molecular flexibility index (Phi) is 6.00. The molecule has 1 N–H and O–H groups in total. The molecule has 1 amide bonds. The molecule has 0 aliphatic rings. The number of rotatable bonds is 6. The third kappa shape index (κ3) is 5.29. The summed E-state index contributed by atoms with van der Waals surface area (Å²) in [4.78, 5) is 16.2. The minimum absolute atomic E-state index is 0.0737. The van der Waals surface area contributed by atoms with E-state index in [1.165, 1.54) is 0 Å². The molecule has 3 aromatic rings. The second-order valence-electron chi connectivity index (χ2n) is 5.49. The summed E-state index contributed by atoms with van der Waals surface area (Å²) in [5, 5.41) is 2.93. The van der Waals surface area contributed by atoms with Crippen molar-refractivity contribution < 1.29 is 9.53 Å². The van der Waals surface area contributed by atoms with Crippen LogP contribution in [0.1, 0.15) is 21.5 Å². The van der Waals surface area contributed by atoms with Crippen LogP contribution in [0.3, 0.4) is 0 Å². The number of nitrogens with one attached hydrogen (secondary N) is 1. The molecule has 0 atom stereocenters. The molecule has 25 heavy (non-hydrogen) atoms. The Balaban J connectivity index is 1.51. The predicted molar refractivity (Wildman–Crippen MR) is 105 cm³/mol. The highest BCUT2D eigenvalue weighted by Gasteiger charge is 2.05. The zero-order valence-electron chi connectivity index (χ0n) is 13.5. The van der Waals surface area contributed by atoms with Gasteiger partial charge in [0, 0.05) is 33.6 Å². The number of halogens is 1. The minimum atomic E-state index is -0.0737. The molecule has 0 aliphatic heterocycles. The molecule has 0 aliphatic carbocycles. The number of pyridine rings is 1. The SMILES string of the molecule is O=C(NCc1ccc(OCc2cccnc2)cc1)c1cccc(I)c1. The van der Waals surface area contributed by atoms with Gasteiger partial charge in [0.1, 0.15) is 12.4 Å². The zero-order valence-corrected chi connectivity index (χ0v) is 15.6. The van der Waals surface area contributed by atoms with Gasteiger partial charge in [-0.25, -0.2) is 0 Å². The largest absolute Gasteiger partial charge is 0.489 e. The van der Waals surface area contributed by atoms with Crippen LogP contribution >= 0.6 is 22.6 Å². The highest BCUT2D eigenvalue weighted by atomic mass is 127. The molecule has 4 nitrogen and oxygen atoms in total. The molecule has 0 radical (unpaired) electrons. The molecule has 0 fully saturated rings. The summed E-state index contributed by atoms with van der Waals surface area (Å²) in [6.45, 7) is 0.962. The van der Waals surface area contributed by atoms with Gasteiger partial charge in [0.15, 0.2) is 0 Å². The Hall–Kier alpha value is -2.41. The summed E-state index contributed by atoms with van der Waals surface area (Å²) in [6, 6.07) is 19.1. The van der Waals surface area contributed by atoms with Crippen molar-refractivity contribution in [1.29, 1.82) is 0 Å². The Morgan fingerprint density at radius 1 is 1.04 bits per heavy atom. The van der Waals surface area contributed by atoms with Gasteiger partial charge in [-0.15, -0.1) is 0 Å². The average molecular weight is 444 g/mol. The Morgan fingerprint density at radius 2 is 1.88 bits per heavy atom. The molecule has 0 spiro atoms. The topological polar surface area (TPSA) is 51.2 Å². The highest BCUT2D eigenvalue weighted by Crippen LogP contribution is 2.14. The molecule has 0 bridgehead atoms. The lowest BCUT2D eigenvalue weighted by atomic mass is 10.2. The van der Waals surface area contributed by atoms with Crippen molar-refractivity contribution >= 4 is 28.5 Å². The summed E-state index contributed by atoms with van der Waals surface area (Å²) in [7, 11) is 0. The van der Waals surface area contributed by atoms with E-state index in [0.29, 0.717) is 18.7 Å². The number of benzene rings is 2. The molecule has 1 heterocycles. The summed E-state index contributed by atoms with van der Waals surface area (Å²) >= 11 is 2.20. The normalized spacial score (nSPS) is 10.3. The average Bonchev–Trinajstić information content (AvgIpc) is 2.66. The number of aromatic nitrogens is 1. The molecule has 3 rings (SSSR count). The quantitative estimate of drug-likeness (QED) is 0.581. The van der Waals surface area contributed by atoms with Gasteiger partial charge in [-0.05, 0) is 64.6 Å². The molecule has 1 aromatic heterocycles. The van der Waals surface area contributed by atoms with Crippen molar-refractivity contribution in [2.45, 2.75) is 13.2 Å². The fraction of sp³-hybridized carbons (Fsp3) is 0.100. The van der Waals surface area contributed by atoms with Crippen molar-refractivity contribution in [3.63, 3.8) is 0 Å². The van der Waals surface area contributed by atoms with Crippen LogP contribution in [-0.2, 0) is 13.2 Å². The number of hydrogen-bond acceptors (Lipinski definition) is 3. The lowest BCUT2D eigenvalue weighted by Gasteiger charge is -2.08. The fourth-order valence-corrected chi connectivity index (χ4v) is 2.81. The van der Waals surface area contributed by atoms with Crippen molar-refractivity contribution in [2.75, 3.05) is 0 Å². The van der Waals surface area contributed by atoms with E-state index in [2.05, 4.69) is 32.9 Å². The summed E-state index contributed by atoms with van der Waals surface area (Å²) in [5.74, 6) is 0.715. The molecule has 2 aromatic carbocycles. The monoisotopic (exact) mass is 444 g/mol. The number of amides is 1. The van der Waals surface area contributed by atoms with Crippen LogP contribution in [0.5, 0.6) is 5.75 Å². The summed E-state index contributed by atoms with van der Waals surface area (Å²) < 4.78 is 6.77. The Bertz CT molecular complexity index is 836. The van der Waals surface area contributed by atoms with Gasteiger partial charge in [0.05, 0.1) is 0 Å². The minimum Gasteiger partial charge on any atom is -0.489 e. The second kappa shape index (κ2) is 8.62. The number of carbonyl (C=O) groups is 1. The van der Waals surface area contributed by atoms with E-state index in [-0.39, 0.29) is 5.91 Å². The Labute approximate surface area is 160 Å². The van der Waals surface area contributed by atoms with Crippen LogP contribution in [0.4, 0.5) is 0 Å². The van der Waals surface area contributed by atoms with Gasteiger partial charge in [0.2, 0.25) is 0 Å². The van der Waals surface area contributed by atoms with E-state index in [9.17, 15) is 4.79 Å². The van der Waals surface area contributed by atoms with E-state index in [0.717, 1.165) is 20.4 Å². The van der Waals surface area contributed by atoms with Crippen LogP contribution in [0.2, 0.25) is 0 Å². The Morgan fingerprint density at radius 3 is 2.60 bits per heavy atom. The molecule has 126 valence electrons. The van der Waals surface area contributed by atoms with Crippen molar-refractivity contribution in [3.05, 3.63) is 93.3 Å². The lowest BCUT2D eigenvalue weighted by Crippen LogP contribution is -2.22. The number of carbonyl (C=O) groups excluding carboxylic acids is 1. The molecular formula is C20H17IN2O2. The van der Waals surface area contributed by atoms with Gasteiger partial charge < -0.3 is 10.1 Å². The van der Waals surface area contributed by atoms with Crippen molar-refractivity contribution in [3.8, 4) is 5.75 Å². The van der Waals surface area contributed by atoms with Gasteiger partial charge >= 0.3 is 0 Å². The zero-order chi connectivity index (χ0) is 17.5. The van der Waals surface area contributed by atoms with Gasteiger partial charge in [-0.3, -0.25) is 9.78 Å². The summed E-state index contributed by atoms with van der Waals surface area (Å²) in [5.41, 5.74) is 2.72. The fourth-order valence-electron chi connectivity index (χ4n) is 2.27. The van der Waals surface area contributed by atoms with Crippen LogP contribution in [0.25, 0.3) is 0 Å². The first-order valence-corrected chi connectivity index (χ1v) is 8.93. The number of nitrogens with zero attached hydrogens (tertiary/aromatic N) is 1. The smallest absolute Gasteiger partial charge is 0.251 e. The lowest BCUT2D eigenvalue weighted by molar-refractivity contribution is 0.0951. The van der Waals surface area contributed by atoms with Gasteiger partial charge in [-0.1, -0.05) is 24.3 Å². The first kappa shape index (κ1) is 17.4. The van der Waals surface area contributed by atoms with Crippen LogP contribution in [0.15, 0.2) is 73.1 Å². The van der Waals surface area contributed by atoms with Gasteiger partial charge in [0.25, 0.3) is 5.91 Å². The van der Waals surface area contributed by atoms with Crippen LogP contribution in [-0.4, -0.2) is 10.9 Å². The summed E-state index contributed by atoms with van der Waals surface area (Å²) in [6.07, 6.45) is 3.53. The molecular weight excluding hydrogens is 427 g/mol. The third-order valence-corrected chi connectivity index (χ3v) is 4.26. The van der Waals surface area contributed by atoms with E-state index in [1.807, 2.05) is 60.7 Å². The third-order valence-electron chi connectivity index (χ3n) is 3.59. The van der Waals surface area contributed by atoms with E-state index < -0.39 is 0 Å². The first-order chi connectivity index (χ1) is 12.2. The standard InChI is InChI=1S/C20H17IN2O2/c21-18-5-1-4-17(11-18)20(24)23-13-15-6-8-19(9-7-15)25-14-16-3-2-10-22-12-16/h1-12H,13-14H2,(H,23,24). The number of hydrogen-bond donors (Lipinski definition) is 1. The predicted octanol–water partition coefficient (Wildman–Crippen LogP) is 4.20. The van der Waals surface area contributed by atoms with Gasteiger partial charge in [-0.2, -0.15) is 0 Å². The van der Waals surface area contributed by atoms with Crippen molar-refractivity contribution in [2.24, 2.45) is 0 Å². The highest BCUT2D eigenvalue weighted by molar-refractivity contribution is 14.1. The molecule has 0 unspecified atom stereocenters. The number of ether oxygens (including phenoxy) is 1. The van der Waals surface area contributed by atoms with E-state index in [1.54, 1.807) is 12.4 Å². The first-order valence-electron chi connectivity index (χ1n) is 7.85.